The zero-order chi connectivity index (χ0) is 9.14. The van der Waals surface area contributed by atoms with E-state index in [0.717, 1.165) is 33.3 Å². The molecule has 0 aliphatic rings. The smallest absolute Gasteiger partial charge is 0.130 e. The molecule has 1 aromatic rings. The van der Waals surface area contributed by atoms with Crippen LogP contribution in [0, 0.1) is 0 Å². The normalized spacial score (nSPS) is 10.2. The number of hydrogen-bond donors (Lipinski definition) is 1. The van der Waals surface area contributed by atoms with Crippen LogP contribution in [-0.2, 0) is 6.42 Å². The van der Waals surface area contributed by atoms with Crippen molar-refractivity contribution in [2.45, 2.75) is 19.8 Å². The first kappa shape index (κ1) is 9.99. The van der Waals surface area contributed by atoms with Crippen molar-refractivity contribution in [2.24, 2.45) is 0 Å². The van der Waals surface area contributed by atoms with Crippen LogP contribution in [0.2, 0.25) is 0 Å². The van der Waals surface area contributed by atoms with E-state index in [1.54, 1.807) is 0 Å². The highest BCUT2D eigenvalue weighted by atomic mass is 79.9. The predicted octanol–water partition coefficient (Wildman–Crippen LogP) is 3.14. The number of hydrogen-bond acceptors (Lipinski definition) is 2. The fraction of sp³-hybridized carbons (Fsp3) is 0.375. The lowest BCUT2D eigenvalue weighted by Crippen LogP contribution is -1.97. The minimum absolute atomic E-state index is 0.723. The van der Waals surface area contributed by atoms with Crippen molar-refractivity contribution in [3.63, 3.8) is 0 Å². The third kappa shape index (κ3) is 2.20. The molecule has 2 nitrogen and oxygen atoms in total. The van der Waals surface area contributed by atoms with Gasteiger partial charge in [-0.3, -0.25) is 0 Å². The van der Waals surface area contributed by atoms with E-state index in [-0.39, 0.29) is 0 Å². The quantitative estimate of drug-likeness (QED) is 0.851. The van der Waals surface area contributed by atoms with E-state index in [9.17, 15) is 0 Å². The first-order chi connectivity index (χ1) is 5.65. The summed E-state index contributed by atoms with van der Waals surface area (Å²) in [7, 11) is 0. The van der Waals surface area contributed by atoms with E-state index < -0.39 is 0 Å². The number of anilines is 1. The molecular formula is C8H10Br2N2. The zero-order valence-corrected chi connectivity index (χ0v) is 9.94. The summed E-state index contributed by atoms with van der Waals surface area (Å²) < 4.78 is 1.55. The van der Waals surface area contributed by atoms with Crippen molar-refractivity contribution in [3.05, 3.63) is 20.8 Å². The fourth-order valence-electron chi connectivity index (χ4n) is 1.02. The number of aryl methyl sites for hydroxylation is 1. The Balaban J connectivity index is 3.09. The minimum Gasteiger partial charge on any atom is -0.396 e. The number of nitrogen functional groups attached to an aromatic ring is 1. The summed E-state index contributed by atoms with van der Waals surface area (Å²) in [5.41, 5.74) is 7.70. The molecule has 1 heterocycles. The average molecular weight is 294 g/mol. The molecule has 0 saturated heterocycles. The lowest BCUT2D eigenvalue weighted by molar-refractivity contribution is 0.917. The molecule has 0 atom stereocenters. The van der Waals surface area contributed by atoms with Gasteiger partial charge in [0, 0.05) is 0 Å². The summed E-state index contributed by atoms with van der Waals surface area (Å²) in [4.78, 5) is 4.12. The predicted molar refractivity (Wildman–Crippen MR) is 58.0 cm³/mol. The van der Waals surface area contributed by atoms with Gasteiger partial charge in [0.1, 0.15) is 9.21 Å². The van der Waals surface area contributed by atoms with Crippen LogP contribution in [0.4, 0.5) is 5.69 Å². The average Bonchev–Trinajstić information content (AvgIpc) is 2.00. The van der Waals surface area contributed by atoms with E-state index >= 15 is 0 Å². The Hall–Kier alpha value is -0.0900. The van der Waals surface area contributed by atoms with Crippen LogP contribution in [-0.4, -0.2) is 4.98 Å². The van der Waals surface area contributed by atoms with Crippen LogP contribution >= 0.6 is 31.9 Å². The third-order valence-electron chi connectivity index (χ3n) is 1.59. The van der Waals surface area contributed by atoms with Gasteiger partial charge in [0.05, 0.1) is 5.69 Å². The molecule has 0 fully saturated rings. The molecule has 1 rings (SSSR count). The van der Waals surface area contributed by atoms with Gasteiger partial charge in [-0.2, -0.15) is 0 Å². The molecule has 0 bridgehead atoms. The van der Waals surface area contributed by atoms with E-state index in [4.69, 9.17) is 5.73 Å². The van der Waals surface area contributed by atoms with Crippen LogP contribution in [0.3, 0.4) is 0 Å². The Morgan fingerprint density at radius 1 is 1.50 bits per heavy atom. The number of pyridine rings is 1. The van der Waals surface area contributed by atoms with Gasteiger partial charge in [-0.1, -0.05) is 13.3 Å². The monoisotopic (exact) mass is 292 g/mol. The van der Waals surface area contributed by atoms with Gasteiger partial charge in [0.2, 0.25) is 0 Å². The first-order valence-corrected chi connectivity index (χ1v) is 5.34. The lowest BCUT2D eigenvalue weighted by Gasteiger charge is -2.05. The molecule has 12 heavy (non-hydrogen) atoms. The molecule has 0 saturated carbocycles. The van der Waals surface area contributed by atoms with Crippen molar-refractivity contribution >= 4 is 37.5 Å². The van der Waals surface area contributed by atoms with Gasteiger partial charge < -0.3 is 5.73 Å². The Morgan fingerprint density at radius 2 is 2.17 bits per heavy atom. The number of nitrogens with zero attached hydrogens (tertiary/aromatic N) is 1. The summed E-state index contributed by atoms with van der Waals surface area (Å²) in [6.45, 7) is 2.13. The standard InChI is InChI=1S/C8H10Br2N2/c1-2-3-5-4-6(9)12-8(10)7(5)11/h4H,2-3,11H2,1H3. The molecule has 0 amide bonds. The lowest BCUT2D eigenvalue weighted by atomic mass is 10.1. The SMILES string of the molecule is CCCc1cc(Br)nc(Br)c1N. The van der Waals surface area contributed by atoms with Crippen LogP contribution in [0.25, 0.3) is 0 Å². The number of nitrogens with two attached hydrogens (primary N) is 1. The van der Waals surface area contributed by atoms with Crippen LogP contribution in [0.1, 0.15) is 18.9 Å². The van der Waals surface area contributed by atoms with Gasteiger partial charge in [0.15, 0.2) is 0 Å². The van der Waals surface area contributed by atoms with Gasteiger partial charge in [0.25, 0.3) is 0 Å². The second-order valence-corrected chi connectivity index (χ2v) is 4.12. The van der Waals surface area contributed by atoms with Gasteiger partial charge in [-0.15, -0.1) is 0 Å². The van der Waals surface area contributed by atoms with E-state index in [1.165, 1.54) is 0 Å². The number of halogens is 2. The first-order valence-electron chi connectivity index (χ1n) is 3.75. The Morgan fingerprint density at radius 3 is 2.75 bits per heavy atom. The molecule has 4 heteroatoms. The van der Waals surface area contributed by atoms with Crippen molar-refractivity contribution < 1.29 is 0 Å². The highest BCUT2D eigenvalue weighted by molar-refractivity contribution is 9.11. The van der Waals surface area contributed by atoms with Crippen LogP contribution in [0.5, 0.6) is 0 Å². The Labute approximate surface area is 88.8 Å². The summed E-state index contributed by atoms with van der Waals surface area (Å²) in [5.74, 6) is 0. The highest BCUT2D eigenvalue weighted by Crippen LogP contribution is 2.25. The van der Waals surface area contributed by atoms with Gasteiger partial charge in [-0.05, 0) is 49.9 Å². The molecule has 2 N–H and O–H groups in total. The van der Waals surface area contributed by atoms with Gasteiger partial charge >= 0.3 is 0 Å². The Bertz CT molecular complexity index is 287. The summed E-state index contributed by atoms with van der Waals surface area (Å²) in [6, 6.07) is 1.96. The maximum Gasteiger partial charge on any atom is 0.130 e. The second-order valence-electron chi connectivity index (χ2n) is 2.56. The zero-order valence-electron chi connectivity index (χ0n) is 6.77. The maximum absolute atomic E-state index is 5.81. The van der Waals surface area contributed by atoms with Crippen molar-refractivity contribution in [2.75, 3.05) is 5.73 Å². The molecule has 1 aromatic heterocycles. The third-order valence-corrected chi connectivity index (χ3v) is 2.60. The topological polar surface area (TPSA) is 38.9 Å². The van der Waals surface area contributed by atoms with E-state index in [1.807, 2.05) is 6.07 Å². The summed E-state index contributed by atoms with van der Waals surface area (Å²) >= 11 is 6.62. The van der Waals surface area contributed by atoms with Crippen molar-refractivity contribution in [1.82, 2.24) is 4.98 Å². The maximum atomic E-state index is 5.81. The fourth-order valence-corrected chi connectivity index (χ4v) is 2.15. The second kappa shape index (κ2) is 4.23. The Kier molecular flexibility index (Phi) is 3.53. The number of aromatic nitrogens is 1. The molecule has 0 aliphatic carbocycles. The van der Waals surface area contributed by atoms with Crippen LogP contribution < -0.4 is 5.73 Å². The molecule has 0 radical (unpaired) electrons. The molecule has 66 valence electrons. The molecular weight excluding hydrogens is 284 g/mol. The largest absolute Gasteiger partial charge is 0.396 e. The summed E-state index contributed by atoms with van der Waals surface area (Å²) in [6.07, 6.45) is 2.08. The van der Waals surface area contributed by atoms with E-state index in [0.29, 0.717) is 0 Å². The van der Waals surface area contributed by atoms with Crippen LogP contribution in [0.15, 0.2) is 15.3 Å². The highest BCUT2D eigenvalue weighted by Gasteiger charge is 2.05. The van der Waals surface area contributed by atoms with Crippen molar-refractivity contribution in [3.8, 4) is 0 Å². The molecule has 0 spiro atoms. The minimum atomic E-state index is 0.723. The number of rotatable bonds is 2. The summed E-state index contributed by atoms with van der Waals surface area (Å²) in [5, 5.41) is 0. The van der Waals surface area contributed by atoms with Gasteiger partial charge in [-0.25, -0.2) is 4.98 Å². The molecule has 0 aromatic carbocycles. The van der Waals surface area contributed by atoms with E-state index in [2.05, 4.69) is 43.8 Å². The molecule has 0 aliphatic heterocycles. The van der Waals surface area contributed by atoms with Crippen molar-refractivity contribution in [1.29, 1.82) is 0 Å². The molecule has 0 unspecified atom stereocenters.